The molecular formula is C21H16N4. The Hall–Kier alpha value is -3.53. The van der Waals surface area contributed by atoms with E-state index in [0.29, 0.717) is 0 Å². The average Bonchev–Trinajstić information content (AvgIpc) is 2.70. The van der Waals surface area contributed by atoms with Crippen molar-refractivity contribution in [3.8, 4) is 33.9 Å². The van der Waals surface area contributed by atoms with Crippen molar-refractivity contribution in [3.63, 3.8) is 0 Å². The van der Waals surface area contributed by atoms with Crippen molar-refractivity contribution in [2.45, 2.75) is 0 Å². The number of nitrogens with zero attached hydrogens (tertiary/aromatic N) is 3. The second kappa shape index (κ2) is 6.53. The molecule has 0 aliphatic heterocycles. The van der Waals surface area contributed by atoms with Gasteiger partial charge in [0.1, 0.15) is 0 Å². The topological polar surface area (TPSA) is 64.7 Å². The van der Waals surface area contributed by atoms with Gasteiger partial charge in [-0.1, -0.05) is 24.3 Å². The molecule has 0 radical (unpaired) electrons. The number of rotatable bonds is 3. The lowest BCUT2D eigenvalue weighted by atomic mass is 10.0. The number of hydrogen-bond donors (Lipinski definition) is 1. The third-order valence-corrected chi connectivity index (χ3v) is 3.95. The summed E-state index contributed by atoms with van der Waals surface area (Å²) in [7, 11) is 0. The number of benzene rings is 1. The van der Waals surface area contributed by atoms with Crippen LogP contribution in [0, 0.1) is 0 Å². The van der Waals surface area contributed by atoms with Crippen LogP contribution in [0.15, 0.2) is 85.2 Å². The van der Waals surface area contributed by atoms with Gasteiger partial charge in [0.05, 0.1) is 22.8 Å². The van der Waals surface area contributed by atoms with Gasteiger partial charge in [-0.05, 0) is 54.1 Å². The van der Waals surface area contributed by atoms with Gasteiger partial charge in [0.2, 0.25) is 0 Å². The third kappa shape index (κ3) is 3.10. The summed E-state index contributed by atoms with van der Waals surface area (Å²) in [6.45, 7) is 0. The van der Waals surface area contributed by atoms with Crippen LogP contribution in [0.1, 0.15) is 0 Å². The van der Waals surface area contributed by atoms with Crippen LogP contribution >= 0.6 is 0 Å². The summed E-state index contributed by atoms with van der Waals surface area (Å²) in [5, 5.41) is 0. The molecule has 0 aliphatic carbocycles. The monoisotopic (exact) mass is 324 g/mol. The Bertz CT molecular complexity index is 981. The SMILES string of the molecule is Nc1ccc(-c2ccc(-c3ccccn3)nc2-c2ccccn2)cc1. The lowest BCUT2D eigenvalue weighted by Crippen LogP contribution is -1.95. The Kier molecular flexibility index (Phi) is 3.92. The van der Waals surface area contributed by atoms with Gasteiger partial charge < -0.3 is 5.73 Å². The standard InChI is InChI=1S/C21H16N4/c22-16-9-7-15(8-10-16)17-11-12-19(18-5-1-3-13-23-18)25-21(17)20-6-2-4-14-24-20/h1-14H,22H2. The highest BCUT2D eigenvalue weighted by Gasteiger charge is 2.12. The zero-order valence-electron chi connectivity index (χ0n) is 13.5. The quantitative estimate of drug-likeness (QED) is 0.565. The first-order valence-electron chi connectivity index (χ1n) is 8.01. The highest BCUT2D eigenvalue weighted by Crippen LogP contribution is 2.32. The molecule has 0 saturated carbocycles. The van der Waals surface area contributed by atoms with Crippen molar-refractivity contribution in [1.82, 2.24) is 15.0 Å². The molecule has 0 fully saturated rings. The number of aromatic nitrogens is 3. The van der Waals surface area contributed by atoms with Crippen molar-refractivity contribution >= 4 is 5.69 Å². The Balaban J connectivity index is 1.91. The van der Waals surface area contributed by atoms with Crippen molar-refractivity contribution in [3.05, 3.63) is 85.2 Å². The average molecular weight is 324 g/mol. The molecule has 25 heavy (non-hydrogen) atoms. The maximum atomic E-state index is 5.82. The zero-order chi connectivity index (χ0) is 17.1. The van der Waals surface area contributed by atoms with E-state index < -0.39 is 0 Å². The predicted molar refractivity (Wildman–Crippen MR) is 101 cm³/mol. The van der Waals surface area contributed by atoms with Gasteiger partial charge in [-0.25, -0.2) is 4.98 Å². The minimum absolute atomic E-state index is 0.737. The summed E-state index contributed by atoms with van der Waals surface area (Å²) in [5.74, 6) is 0. The van der Waals surface area contributed by atoms with Gasteiger partial charge in [-0.3, -0.25) is 9.97 Å². The smallest absolute Gasteiger partial charge is 0.0972 e. The van der Waals surface area contributed by atoms with Crippen LogP contribution in [-0.4, -0.2) is 15.0 Å². The molecule has 1 aromatic carbocycles. The van der Waals surface area contributed by atoms with E-state index in [1.54, 1.807) is 12.4 Å². The second-order valence-electron chi connectivity index (χ2n) is 5.64. The largest absolute Gasteiger partial charge is 0.399 e. The van der Waals surface area contributed by atoms with Crippen LogP contribution in [-0.2, 0) is 0 Å². The fraction of sp³-hybridized carbons (Fsp3) is 0. The molecule has 4 nitrogen and oxygen atoms in total. The summed E-state index contributed by atoms with van der Waals surface area (Å²) >= 11 is 0. The molecule has 0 bridgehead atoms. The number of anilines is 1. The van der Waals surface area contributed by atoms with Crippen molar-refractivity contribution in [2.75, 3.05) is 5.73 Å². The lowest BCUT2D eigenvalue weighted by molar-refractivity contribution is 1.22. The first-order valence-corrected chi connectivity index (χ1v) is 8.01. The highest BCUT2D eigenvalue weighted by atomic mass is 14.8. The summed E-state index contributed by atoms with van der Waals surface area (Å²) in [5.41, 5.74) is 11.9. The molecule has 0 amide bonds. The molecule has 4 rings (SSSR count). The van der Waals surface area contributed by atoms with E-state index >= 15 is 0 Å². The minimum Gasteiger partial charge on any atom is -0.399 e. The molecule has 0 atom stereocenters. The maximum Gasteiger partial charge on any atom is 0.0972 e. The molecule has 0 unspecified atom stereocenters. The van der Waals surface area contributed by atoms with Crippen LogP contribution < -0.4 is 5.73 Å². The lowest BCUT2D eigenvalue weighted by Gasteiger charge is -2.11. The van der Waals surface area contributed by atoms with E-state index in [4.69, 9.17) is 10.7 Å². The van der Waals surface area contributed by atoms with Crippen LogP contribution in [0.25, 0.3) is 33.9 Å². The molecule has 0 spiro atoms. The van der Waals surface area contributed by atoms with Gasteiger partial charge in [-0.15, -0.1) is 0 Å². The first kappa shape index (κ1) is 15.0. The molecule has 4 aromatic rings. The van der Waals surface area contributed by atoms with Crippen LogP contribution in [0.2, 0.25) is 0 Å². The van der Waals surface area contributed by atoms with E-state index in [1.807, 2.05) is 66.7 Å². The Labute approximate surface area is 146 Å². The fourth-order valence-corrected chi connectivity index (χ4v) is 2.71. The molecule has 0 aliphatic rings. The second-order valence-corrected chi connectivity index (χ2v) is 5.64. The van der Waals surface area contributed by atoms with E-state index in [-0.39, 0.29) is 0 Å². The van der Waals surface area contributed by atoms with E-state index in [1.165, 1.54) is 0 Å². The summed E-state index contributed by atoms with van der Waals surface area (Å²) in [4.78, 5) is 13.7. The maximum absolute atomic E-state index is 5.82. The van der Waals surface area contributed by atoms with E-state index in [0.717, 1.165) is 39.6 Å². The number of nitrogen functional groups attached to an aromatic ring is 1. The summed E-state index contributed by atoms with van der Waals surface area (Å²) in [6.07, 6.45) is 3.54. The van der Waals surface area contributed by atoms with Gasteiger partial charge in [-0.2, -0.15) is 0 Å². The molecule has 3 heterocycles. The number of nitrogens with two attached hydrogens (primary N) is 1. The Morgan fingerprint density at radius 3 is 1.92 bits per heavy atom. The molecule has 0 saturated heterocycles. The van der Waals surface area contributed by atoms with E-state index in [2.05, 4.69) is 16.0 Å². The third-order valence-electron chi connectivity index (χ3n) is 3.95. The molecule has 2 N–H and O–H groups in total. The predicted octanol–water partition coefficient (Wildman–Crippen LogP) is 4.45. The molecule has 3 aromatic heterocycles. The van der Waals surface area contributed by atoms with Gasteiger partial charge >= 0.3 is 0 Å². The van der Waals surface area contributed by atoms with Gasteiger partial charge in [0, 0.05) is 23.6 Å². The molecule has 120 valence electrons. The summed E-state index contributed by atoms with van der Waals surface area (Å²) in [6, 6.07) is 23.5. The molecule has 4 heteroatoms. The van der Waals surface area contributed by atoms with Crippen molar-refractivity contribution in [1.29, 1.82) is 0 Å². The van der Waals surface area contributed by atoms with Crippen molar-refractivity contribution < 1.29 is 0 Å². The Morgan fingerprint density at radius 1 is 0.600 bits per heavy atom. The number of hydrogen-bond acceptors (Lipinski definition) is 4. The Morgan fingerprint density at radius 2 is 1.28 bits per heavy atom. The van der Waals surface area contributed by atoms with Crippen LogP contribution in [0.3, 0.4) is 0 Å². The molecular weight excluding hydrogens is 308 g/mol. The minimum atomic E-state index is 0.737. The van der Waals surface area contributed by atoms with Crippen LogP contribution in [0.5, 0.6) is 0 Å². The fourth-order valence-electron chi connectivity index (χ4n) is 2.71. The van der Waals surface area contributed by atoms with E-state index in [9.17, 15) is 0 Å². The first-order chi connectivity index (χ1) is 12.3. The van der Waals surface area contributed by atoms with Crippen molar-refractivity contribution in [2.24, 2.45) is 0 Å². The van der Waals surface area contributed by atoms with Crippen LogP contribution in [0.4, 0.5) is 5.69 Å². The van der Waals surface area contributed by atoms with Gasteiger partial charge in [0.15, 0.2) is 0 Å². The normalized spacial score (nSPS) is 10.6. The zero-order valence-corrected chi connectivity index (χ0v) is 13.5. The van der Waals surface area contributed by atoms with Gasteiger partial charge in [0.25, 0.3) is 0 Å². The number of pyridine rings is 3. The highest BCUT2D eigenvalue weighted by molar-refractivity contribution is 5.81. The summed E-state index contributed by atoms with van der Waals surface area (Å²) < 4.78 is 0.